The van der Waals surface area contributed by atoms with Crippen LogP contribution in [0.2, 0.25) is 0 Å². The lowest BCUT2D eigenvalue weighted by Crippen LogP contribution is -2.24. The van der Waals surface area contributed by atoms with Gasteiger partial charge in [0.25, 0.3) is 0 Å². The van der Waals surface area contributed by atoms with Crippen LogP contribution >= 0.6 is 11.3 Å². The minimum absolute atomic E-state index is 0.0877. The molecule has 3 rings (SSSR count). The fourth-order valence-electron chi connectivity index (χ4n) is 2.29. The highest BCUT2D eigenvalue weighted by Gasteiger charge is 2.29. The quantitative estimate of drug-likeness (QED) is 0.871. The van der Waals surface area contributed by atoms with Crippen molar-refractivity contribution < 1.29 is 8.95 Å². The van der Waals surface area contributed by atoms with Gasteiger partial charge in [-0.25, -0.2) is 4.98 Å². The van der Waals surface area contributed by atoms with Crippen molar-refractivity contribution in [1.29, 1.82) is 0 Å². The van der Waals surface area contributed by atoms with Gasteiger partial charge in [0.15, 0.2) is 0 Å². The third-order valence-electron chi connectivity index (χ3n) is 3.37. The Labute approximate surface area is 124 Å². The number of thiazole rings is 1. The van der Waals surface area contributed by atoms with Gasteiger partial charge in [0.05, 0.1) is 28.5 Å². The molecule has 6 heteroatoms. The summed E-state index contributed by atoms with van der Waals surface area (Å²) in [5.41, 5.74) is 1.75. The first-order chi connectivity index (χ1) is 9.74. The second kappa shape index (κ2) is 6.11. The third kappa shape index (κ3) is 2.97. The topological polar surface area (TPSA) is 52.1 Å². The molecule has 0 spiro atoms. The van der Waals surface area contributed by atoms with Crippen LogP contribution in [0.15, 0.2) is 29.8 Å². The SMILES string of the molecule is C[C@H]1OCC[C@H]1[S@](=O)Cc1csc(-c2ccccn2)n1. The van der Waals surface area contributed by atoms with Gasteiger partial charge in [0, 0.05) is 29.0 Å². The number of hydrogen-bond donors (Lipinski definition) is 0. The smallest absolute Gasteiger partial charge is 0.142 e. The molecule has 0 saturated carbocycles. The third-order valence-corrected chi connectivity index (χ3v) is 6.16. The van der Waals surface area contributed by atoms with Gasteiger partial charge in [0.2, 0.25) is 0 Å². The zero-order valence-electron chi connectivity index (χ0n) is 11.2. The molecular formula is C14H16N2O2S2. The summed E-state index contributed by atoms with van der Waals surface area (Å²) in [6.45, 7) is 2.71. The summed E-state index contributed by atoms with van der Waals surface area (Å²) in [7, 11) is -0.921. The van der Waals surface area contributed by atoms with Gasteiger partial charge in [-0.1, -0.05) is 6.07 Å². The molecule has 2 aromatic heterocycles. The van der Waals surface area contributed by atoms with E-state index in [1.807, 2.05) is 30.5 Å². The van der Waals surface area contributed by atoms with Gasteiger partial charge in [-0.3, -0.25) is 9.19 Å². The monoisotopic (exact) mass is 308 g/mol. The van der Waals surface area contributed by atoms with Gasteiger partial charge in [-0.2, -0.15) is 0 Å². The molecule has 3 heterocycles. The molecule has 1 aliphatic rings. The summed E-state index contributed by atoms with van der Waals surface area (Å²) in [4.78, 5) is 8.82. The van der Waals surface area contributed by atoms with Crippen molar-refractivity contribution in [2.75, 3.05) is 6.61 Å². The van der Waals surface area contributed by atoms with E-state index in [-0.39, 0.29) is 11.4 Å². The lowest BCUT2D eigenvalue weighted by atomic mass is 10.3. The summed E-state index contributed by atoms with van der Waals surface area (Å²) in [5, 5.41) is 2.99. The van der Waals surface area contributed by atoms with Crippen molar-refractivity contribution in [3.05, 3.63) is 35.5 Å². The predicted molar refractivity (Wildman–Crippen MR) is 81.0 cm³/mol. The molecule has 1 saturated heterocycles. The molecule has 0 radical (unpaired) electrons. The Kier molecular flexibility index (Phi) is 4.24. The Bertz CT molecular complexity index is 600. The number of aromatic nitrogens is 2. The van der Waals surface area contributed by atoms with Crippen LogP contribution in [0.5, 0.6) is 0 Å². The predicted octanol–water partition coefficient (Wildman–Crippen LogP) is 2.63. The van der Waals surface area contributed by atoms with E-state index >= 15 is 0 Å². The van der Waals surface area contributed by atoms with Crippen LogP contribution in [-0.4, -0.2) is 32.1 Å². The maximum atomic E-state index is 12.4. The molecule has 0 aromatic carbocycles. The summed E-state index contributed by atoms with van der Waals surface area (Å²) >= 11 is 1.55. The van der Waals surface area contributed by atoms with Crippen molar-refractivity contribution in [2.45, 2.75) is 30.5 Å². The highest BCUT2D eigenvalue weighted by molar-refractivity contribution is 7.84. The number of hydrogen-bond acceptors (Lipinski definition) is 5. The van der Waals surface area contributed by atoms with E-state index in [2.05, 4.69) is 9.97 Å². The van der Waals surface area contributed by atoms with Gasteiger partial charge in [-0.05, 0) is 25.5 Å². The van der Waals surface area contributed by atoms with Crippen LogP contribution in [0.3, 0.4) is 0 Å². The lowest BCUT2D eigenvalue weighted by Gasteiger charge is -2.12. The van der Waals surface area contributed by atoms with Crippen molar-refractivity contribution in [2.24, 2.45) is 0 Å². The van der Waals surface area contributed by atoms with E-state index < -0.39 is 10.8 Å². The molecule has 0 bridgehead atoms. The lowest BCUT2D eigenvalue weighted by molar-refractivity contribution is 0.127. The van der Waals surface area contributed by atoms with Gasteiger partial charge >= 0.3 is 0 Å². The number of pyridine rings is 1. The van der Waals surface area contributed by atoms with Crippen molar-refractivity contribution in [3.63, 3.8) is 0 Å². The minimum Gasteiger partial charge on any atom is -0.377 e. The normalized spacial score (nSPS) is 23.9. The van der Waals surface area contributed by atoms with Crippen molar-refractivity contribution in [3.8, 4) is 10.7 Å². The number of nitrogens with zero attached hydrogens (tertiary/aromatic N) is 2. The molecule has 0 amide bonds. The van der Waals surface area contributed by atoms with E-state index in [1.54, 1.807) is 17.5 Å². The maximum Gasteiger partial charge on any atom is 0.142 e. The van der Waals surface area contributed by atoms with E-state index in [0.717, 1.165) is 22.8 Å². The fourth-order valence-corrected chi connectivity index (χ4v) is 4.71. The first-order valence-electron chi connectivity index (χ1n) is 6.58. The summed E-state index contributed by atoms with van der Waals surface area (Å²) < 4.78 is 17.8. The molecule has 106 valence electrons. The Hall–Kier alpha value is -1.11. The molecule has 0 N–H and O–H groups in total. The standard InChI is InChI=1S/C14H16N2O2S2/c1-10-13(5-7-18-10)20(17)9-11-8-19-14(16-11)12-4-2-3-6-15-12/h2-4,6,8,10,13H,5,7,9H2,1H3/t10-,13-,20-/m1/s1. The molecule has 20 heavy (non-hydrogen) atoms. The van der Waals surface area contributed by atoms with Crippen LogP contribution < -0.4 is 0 Å². The average Bonchev–Trinajstić information content (AvgIpc) is 3.09. The maximum absolute atomic E-state index is 12.4. The van der Waals surface area contributed by atoms with E-state index in [9.17, 15) is 4.21 Å². The van der Waals surface area contributed by atoms with Gasteiger partial charge in [0.1, 0.15) is 5.01 Å². The van der Waals surface area contributed by atoms with Crippen LogP contribution in [-0.2, 0) is 21.3 Å². The first-order valence-corrected chi connectivity index (χ1v) is 8.85. The van der Waals surface area contributed by atoms with Crippen LogP contribution in [0.1, 0.15) is 19.0 Å². The second-order valence-corrected chi connectivity index (χ2v) is 7.30. The summed E-state index contributed by atoms with van der Waals surface area (Å²) in [6, 6.07) is 5.76. The molecule has 4 nitrogen and oxygen atoms in total. The Morgan fingerprint density at radius 1 is 1.50 bits per heavy atom. The molecule has 2 aromatic rings. The van der Waals surface area contributed by atoms with Gasteiger partial charge < -0.3 is 4.74 Å². The summed E-state index contributed by atoms with van der Waals surface area (Å²) in [5.74, 6) is 0.502. The van der Waals surface area contributed by atoms with Crippen LogP contribution in [0, 0.1) is 0 Å². The molecule has 1 fully saturated rings. The largest absolute Gasteiger partial charge is 0.377 e. The van der Waals surface area contributed by atoms with Crippen LogP contribution in [0.4, 0.5) is 0 Å². The first kappa shape index (κ1) is 13.9. The van der Waals surface area contributed by atoms with E-state index in [4.69, 9.17) is 4.74 Å². The number of ether oxygens (including phenoxy) is 1. The molecule has 0 unspecified atom stereocenters. The second-order valence-electron chi connectivity index (χ2n) is 4.79. The van der Waals surface area contributed by atoms with E-state index in [0.29, 0.717) is 12.4 Å². The van der Waals surface area contributed by atoms with Crippen LogP contribution in [0.25, 0.3) is 10.7 Å². The van der Waals surface area contributed by atoms with Crippen molar-refractivity contribution >= 4 is 22.1 Å². The highest BCUT2D eigenvalue weighted by Crippen LogP contribution is 2.25. The minimum atomic E-state index is -0.921. The Morgan fingerprint density at radius 2 is 2.40 bits per heavy atom. The molecule has 3 atom stereocenters. The van der Waals surface area contributed by atoms with E-state index in [1.165, 1.54) is 0 Å². The fraction of sp³-hybridized carbons (Fsp3) is 0.429. The zero-order chi connectivity index (χ0) is 13.9. The Balaban J connectivity index is 1.70. The Morgan fingerprint density at radius 3 is 3.10 bits per heavy atom. The summed E-state index contributed by atoms with van der Waals surface area (Å²) in [6.07, 6.45) is 2.72. The molecule has 0 aliphatic carbocycles. The zero-order valence-corrected chi connectivity index (χ0v) is 12.8. The molecular weight excluding hydrogens is 292 g/mol. The highest BCUT2D eigenvalue weighted by atomic mass is 32.2. The molecule has 1 aliphatic heterocycles. The van der Waals surface area contributed by atoms with Crippen molar-refractivity contribution in [1.82, 2.24) is 9.97 Å². The van der Waals surface area contributed by atoms with Gasteiger partial charge in [-0.15, -0.1) is 11.3 Å². The number of rotatable bonds is 4. The average molecular weight is 308 g/mol.